The number of phenolic OH excluding ortho intramolecular Hbond substituents is 1. The number of aromatic nitrogens is 2. The fourth-order valence-corrected chi connectivity index (χ4v) is 1.39. The molecule has 1 aromatic carbocycles. The second kappa shape index (κ2) is 4.06. The van der Waals surface area contributed by atoms with E-state index in [1.54, 1.807) is 24.3 Å². The van der Waals surface area contributed by atoms with Crippen molar-refractivity contribution in [2.45, 2.75) is 6.92 Å². The van der Waals surface area contributed by atoms with Crippen LogP contribution < -0.4 is 11.1 Å². The van der Waals surface area contributed by atoms with E-state index in [2.05, 4.69) is 15.3 Å². The van der Waals surface area contributed by atoms with Gasteiger partial charge >= 0.3 is 0 Å². The molecule has 0 saturated carbocycles. The highest BCUT2D eigenvalue weighted by Gasteiger charge is 2.00. The highest BCUT2D eigenvalue weighted by Crippen LogP contribution is 2.19. The summed E-state index contributed by atoms with van der Waals surface area (Å²) in [4.78, 5) is 8.00. The number of aromatic hydroxyl groups is 1. The first kappa shape index (κ1) is 10.2. The van der Waals surface area contributed by atoms with Gasteiger partial charge < -0.3 is 16.2 Å². The summed E-state index contributed by atoms with van der Waals surface area (Å²) in [5, 5.41) is 12.3. The third kappa shape index (κ3) is 2.38. The molecule has 0 amide bonds. The number of benzene rings is 1. The zero-order chi connectivity index (χ0) is 11.5. The topological polar surface area (TPSA) is 84.1 Å². The Balaban J connectivity index is 2.27. The van der Waals surface area contributed by atoms with Crippen molar-refractivity contribution >= 4 is 17.5 Å². The van der Waals surface area contributed by atoms with Crippen molar-refractivity contribution < 1.29 is 5.11 Å². The Morgan fingerprint density at radius 1 is 1.25 bits per heavy atom. The van der Waals surface area contributed by atoms with Crippen molar-refractivity contribution in [3.8, 4) is 5.75 Å². The summed E-state index contributed by atoms with van der Waals surface area (Å²) in [6, 6.07) is 8.56. The van der Waals surface area contributed by atoms with Gasteiger partial charge in [-0.25, -0.2) is 4.98 Å². The number of phenols is 1. The summed E-state index contributed by atoms with van der Waals surface area (Å²) in [6.45, 7) is 1.84. The molecule has 0 aliphatic heterocycles. The molecular weight excluding hydrogens is 204 g/mol. The monoisotopic (exact) mass is 216 g/mol. The van der Waals surface area contributed by atoms with Gasteiger partial charge in [0.2, 0.25) is 5.95 Å². The molecule has 1 aromatic heterocycles. The van der Waals surface area contributed by atoms with Crippen LogP contribution in [-0.4, -0.2) is 15.1 Å². The molecule has 0 aliphatic rings. The van der Waals surface area contributed by atoms with E-state index in [1.165, 1.54) is 0 Å². The van der Waals surface area contributed by atoms with Crippen LogP contribution in [0.15, 0.2) is 30.3 Å². The molecule has 0 atom stereocenters. The Kier molecular flexibility index (Phi) is 2.59. The molecule has 0 spiro atoms. The molecule has 0 radical (unpaired) electrons. The zero-order valence-electron chi connectivity index (χ0n) is 8.81. The molecule has 5 nitrogen and oxygen atoms in total. The van der Waals surface area contributed by atoms with E-state index in [-0.39, 0.29) is 11.7 Å². The minimum atomic E-state index is 0.198. The van der Waals surface area contributed by atoms with E-state index in [9.17, 15) is 5.11 Å². The average molecular weight is 216 g/mol. The van der Waals surface area contributed by atoms with Gasteiger partial charge in [-0.05, 0) is 19.1 Å². The lowest BCUT2D eigenvalue weighted by molar-refractivity contribution is 0.475. The van der Waals surface area contributed by atoms with Crippen LogP contribution in [0, 0.1) is 6.92 Å². The Morgan fingerprint density at radius 2 is 2.06 bits per heavy atom. The Morgan fingerprint density at radius 3 is 2.75 bits per heavy atom. The molecule has 0 bridgehead atoms. The second-order valence-electron chi connectivity index (χ2n) is 3.43. The van der Waals surface area contributed by atoms with Gasteiger partial charge in [0.15, 0.2) is 0 Å². The highest BCUT2D eigenvalue weighted by molar-refractivity contribution is 5.58. The maximum absolute atomic E-state index is 9.30. The molecule has 2 rings (SSSR count). The second-order valence-corrected chi connectivity index (χ2v) is 3.43. The number of nitrogens with zero attached hydrogens (tertiary/aromatic N) is 2. The summed E-state index contributed by atoms with van der Waals surface area (Å²) in [7, 11) is 0. The van der Waals surface area contributed by atoms with Gasteiger partial charge in [-0.2, -0.15) is 4.98 Å². The first-order valence-corrected chi connectivity index (χ1v) is 4.81. The lowest BCUT2D eigenvalue weighted by atomic mass is 10.3. The average Bonchev–Trinajstić information content (AvgIpc) is 2.15. The quantitative estimate of drug-likeness (QED) is 0.713. The number of hydrogen-bond donors (Lipinski definition) is 3. The van der Waals surface area contributed by atoms with E-state index >= 15 is 0 Å². The standard InChI is InChI=1S/C11H12N4O/c1-7-5-10(15-11(12)13-7)14-8-3-2-4-9(16)6-8/h2-6,16H,1H3,(H3,12,13,14,15). The third-order valence-corrected chi connectivity index (χ3v) is 1.99. The lowest BCUT2D eigenvalue weighted by Crippen LogP contribution is -2.01. The van der Waals surface area contributed by atoms with Crippen molar-refractivity contribution in [3.05, 3.63) is 36.0 Å². The molecule has 4 N–H and O–H groups in total. The molecular formula is C11H12N4O. The highest BCUT2D eigenvalue weighted by atomic mass is 16.3. The van der Waals surface area contributed by atoms with Crippen LogP contribution in [0.3, 0.4) is 0 Å². The molecule has 0 saturated heterocycles. The number of nitrogens with two attached hydrogens (primary N) is 1. The zero-order valence-corrected chi connectivity index (χ0v) is 8.81. The normalized spacial score (nSPS) is 10.1. The predicted octanol–water partition coefficient (Wildman–Crippen LogP) is 1.82. The van der Waals surface area contributed by atoms with Crippen LogP contribution in [0.2, 0.25) is 0 Å². The molecule has 1 heterocycles. The van der Waals surface area contributed by atoms with Gasteiger partial charge in [-0.1, -0.05) is 6.07 Å². The van der Waals surface area contributed by atoms with E-state index in [1.807, 2.05) is 13.0 Å². The number of hydrogen-bond acceptors (Lipinski definition) is 5. The maximum Gasteiger partial charge on any atom is 0.222 e. The molecule has 16 heavy (non-hydrogen) atoms. The van der Waals surface area contributed by atoms with E-state index in [0.717, 1.165) is 11.4 Å². The largest absolute Gasteiger partial charge is 0.508 e. The first-order chi connectivity index (χ1) is 7.63. The van der Waals surface area contributed by atoms with Crippen molar-refractivity contribution in [2.75, 3.05) is 11.1 Å². The number of rotatable bonds is 2. The maximum atomic E-state index is 9.30. The van der Waals surface area contributed by atoms with Gasteiger partial charge in [0, 0.05) is 23.5 Å². The number of nitrogen functional groups attached to an aromatic ring is 1. The van der Waals surface area contributed by atoms with Crippen LogP contribution in [0.4, 0.5) is 17.5 Å². The van der Waals surface area contributed by atoms with E-state index < -0.39 is 0 Å². The summed E-state index contributed by atoms with van der Waals surface area (Å²) in [5.74, 6) is 1.03. The van der Waals surface area contributed by atoms with Gasteiger partial charge in [0.1, 0.15) is 11.6 Å². The molecule has 82 valence electrons. The van der Waals surface area contributed by atoms with Gasteiger partial charge in [-0.15, -0.1) is 0 Å². The fraction of sp³-hybridized carbons (Fsp3) is 0.0909. The van der Waals surface area contributed by atoms with Crippen LogP contribution in [0.5, 0.6) is 5.75 Å². The minimum absolute atomic E-state index is 0.198. The smallest absolute Gasteiger partial charge is 0.222 e. The summed E-state index contributed by atoms with van der Waals surface area (Å²) in [6.07, 6.45) is 0. The Labute approximate surface area is 93.0 Å². The molecule has 0 fully saturated rings. The van der Waals surface area contributed by atoms with Crippen LogP contribution in [0.1, 0.15) is 5.69 Å². The summed E-state index contributed by atoms with van der Waals surface area (Å²) >= 11 is 0. The number of nitrogens with one attached hydrogen (secondary N) is 1. The molecule has 0 aliphatic carbocycles. The summed E-state index contributed by atoms with van der Waals surface area (Å²) in [5.41, 5.74) is 7.07. The summed E-state index contributed by atoms with van der Waals surface area (Å²) < 4.78 is 0. The molecule has 0 unspecified atom stereocenters. The van der Waals surface area contributed by atoms with Crippen LogP contribution in [0.25, 0.3) is 0 Å². The minimum Gasteiger partial charge on any atom is -0.508 e. The van der Waals surface area contributed by atoms with Crippen LogP contribution >= 0.6 is 0 Å². The first-order valence-electron chi connectivity index (χ1n) is 4.81. The Hall–Kier alpha value is -2.30. The Bertz CT molecular complexity index is 493. The van der Waals surface area contributed by atoms with Gasteiger partial charge in [-0.3, -0.25) is 0 Å². The number of anilines is 3. The van der Waals surface area contributed by atoms with Crippen molar-refractivity contribution in [2.24, 2.45) is 0 Å². The van der Waals surface area contributed by atoms with E-state index in [0.29, 0.717) is 5.82 Å². The van der Waals surface area contributed by atoms with Crippen LogP contribution in [-0.2, 0) is 0 Å². The lowest BCUT2D eigenvalue weighted by Gasteiger charge is -2.06. The van der Waals surface area contributed by atoms with Gasteiger partial charge in [0.25, 0.3) is 0 Å². The predicted molar refractivity (Wildman–Crippen MR) is 62.6 cm³/mol. The number of aryl methyl sites for hydroxylation is 1. The third-order valence-electron chi connectivity index (χ3n) is 1.99. The SMILES string of the molecule is Cc1cc(Nc2cccc(O)c2)nc(N)n1. The molecule has 5 heteroatoms. The van der Waals surface area contributed by atoms with E-state index in [4.69, 9.17) is 5.73 Å². The van der Waals surface area contributed by atoms with Crippen molar-refractivity contribution in [3.63, 3.8) is 0 Å². The fourth-order valence-electron chi connectivity index (χ4n) is 1.39. The van der Waals surface area contributed by atoms with Gasteiger partial charge in [0.05, 0.1) is 0 Å². The van der Waals surface area contributed by atoms with Crippen molar-refractivity contribution in [1.29, 1.82) is 0 Å². The van der Waals surface area contributed by atoms with Crippen molar-refractivity contribution in [1.82, 2.24) is 9.97 Å². The molecule has 2 aromatic rings.